The van der Waals surface area contributed by atoms with Crippen LogP contribution in [0.3, 0.4) is 0 Å². The predicted molar refractivity (Wildman–Crippen MR) is 58.2 cm³/mol. The van der Waals surface area contributed by atoms with E-state index in [9.17, 15) is 4.79 Å². The van der Waals surface area contributed by atoms with Crippen LogP contribution in [0.4, 0.5) is 5.69 Å². The summed E-state index contributed by atoms with van der Waals surface area (Å²) in [6.45, 7) is 0.0574. The van der Waals surface area contributed by atoms with Crippen LogP contribution in [-0.2, 0) is 4.79 Å². The molecule has 1 aromatic rings. The topological polar surface area (TPSA) is 75.3 Å². The van der Waals surface area contributed by atoms with Gasteiger partial charge in [0.2, 0.25) is 0 Å². The van der Waals surface area contributed by atoms with Crippen molar-refractivity contribution in [2.24, 2.45) is 5.73 Å². The monoisotopic (exact) mass is 258 g/mol. The first-order chi connectivity index (χ1) is 6.63. The molecule has 0 aliphatic heterocycles. The summed E-state index contributed by atoms with van der Waals surface area (Å²) in [4.78, 5) is 10.7. The molecule has 0 heterocycles. The van der Waals surface area contributed by atoms with Gasteiger partial charge in [-0.15, -0.1) is 0 Å². The predicted octanol–water partition coefficient (Wildman–Crippen LogP) is 1.27. The Kier molecular flexibility index (Phi) is 3.91. The van der Waals surface area contributed by atoms with Gasteiger partial charge in [0.05, 0.1) is 0 Å². The summed E-state index contributed by atoms with van der Waals surface area (Å²) in [6, 6.07) is 6.53. The van der Waals surface area contributed by atoms with Gasteiger partial charge < -0.3 is 16.2 Å². The average Bonchev–Trinajstić information content (AvgIpc) is 2.14. The number of carboxylic acid groups (broad SMARTS) is 1. The maximum Gasteiger partial charge on any atom is 0.327 e. The van der Waals surface area contributed by atoms with E-state index >= 15 is 0 Å². The van der Waals surface area contributed by atoms with Crippen molar-refractivity contribution >= 4 is 27.6 Å². The molecule has 1 rings (SSSR count). The van der Waals surface area contributed by atoms with Gasteiger partial charge in [-0.3, -0.25) is 0 Å². The zero-order chi connectivity index (χ0) is 10.6. The fourth-order valence-electron chi connectivity index (χ4n) is 1.00. The van der Waals surface area contributed by atoms with Crippen LogP contribution >= 0.6 is 15.9 Å². The Morgan fingerprint density at radius 2 is 2.36 bits per heavy atom. The first-order valence-electron chi connectivity index (χ1n) is 4.08. The molecule has 0 aromatic heterocycles. The van der Waals surface area contributed by atoms with Crippen LogP contribution in [0, 0.1) is 0 Å². The second-order valence-electron chi connectivity index (χ2n) is 2.78. The molecule has 0 spiro atoms. The fraction of sp³-hybridized carbons (Fsp3) is 0.222. The molecule has 1 unspecified atom stereocenters. The van der Waals surface area contributed by atoms with Crippen molar-refractivity contribution in [3.63, 3.8) is 0 Å². The van der Waals surface area contributed by atoms with E-state index in [1.54, 1.807) is 12.1 Å². The van der Waals surface area contributed by atoms with Gasteiger partial charge in [-0.05, 0) is 18.2 Å². The summed E-state index contributed by atoms with van der Waals surface area (Å²) in [5.41, 5.74) is 6.04. The third kappa shape index (κ3) is 3.01. The number of carboxylic acids is 1. The standard InChI is InChI=1S/C9H11BrN2O2/c10-6-2-1-3-7(4-6)12-8(5-11)9(13)14/h1-4,8,12H,5,11H2,(H,13,14). The van der Waals surface area contributed by atoms with Gasteiger partial charge >= 0.3 is 5.97 Å². The zero-order valence-electron chi connectivity index (χ0n) is 7.40. The Morgan fingerprint density at radius 3 is 2.86 bits per heavy atom. The smallest absolute Gasteiger partial charge is 0.327 e. The molecule has 5 heteroatoms. The molecule has 0 saturated carbocycles. The SMILES string of the molecule is NCC(Nc1cccc(Br)c1)C(=O)O. The Labute approximate surface area is 90.2 Å². The number of carbonyl (C=O) groups is 1. The van der Waals surface area contributed by atoms with E-state index in [2.05, 4.69) is 21.2 Å². The van der Waals surface area contributed by atoms with Gasteiger partial charge in [0.1, 0.15) is 6.04 Å². The van der Waals surface area contributed by atoms with Crippen molar-refractivity contribution in [1.82, 2.24) is 0 Å². The molecule has 0 aliphatic rings. The highest BCUT2D eigenvalue weighted by Gasteiger charge is 2.14. The van der Waals surface area contributed by atoms with Crippen molar-refractivity contribution in [3.05, 3.63) is 28.7 Å². The first kappa shape index (κ1) is 11.0. The Hall–Kier alpha value is -1.07. The maximum atomic E-state index is 10.7. The fourth-order valence-corrected chi connectivity index (χ4v) is 1.40. The summed E-state index contributed by atoms with van der Waals surface area (Å²) in [5.74, 6) is -0.951. The quantitative estimate of drug-likeness (QED) is 0.761. The van der Waals surface area contributed by atoms with E-state index in [1.807, 2.05) is 12.1 Å². The summed E-state index contributed by atoms with van der Waals surface area (Å²) >= 11 is 3.29. The van der Waals surface area contributed by atoms with E-state index < -0.39 is 12.0 Å². The zero-order valence-corrected chi connectivity index (χ0v) is 8.99. The Morgan fingerprint density at radius 1 is 1.64 bits per heavy atom. The molecule has 0 fully saturated rings. The largest absolute Gasteiger partial charge is 0.480 e. The highest BCUT2D eigenvalue weighted by molar-refractivity contribution is 9.10. The summed E-state index contributed by atoms with van der Waals surface area (Å²) < 4.78 is 0.892. The van der Waals surface area contributed by atoms with Crippen LogP contribution in [0.1, 0.15) is 0 Å². The van der Waals surface area contributed by atoms with Crippen molar-refractivity contribution in [2.75, 3.05) is 11.9 Å². The van der Waals surface area contributed by atoms with Gasteiger partial charge in [0, 0.05) is 16.7 Å². The van der Waals surface area contributed by atoms with Crippen LogP contribution < -0.4 is 11.1 Å². The van der Waals surface area contributed by atoms with Crippen LogP contribution in [0.2, 0.25) is 0 Å². The average molecular weight is 259 g/mol. The van der Waals surface area contributed by atoms with Crippen molar-refractivity contribution in [1.29, 1.82) is 0 Å². The second-order valence-corrected chi connectivity index (χ2v) is 3.70. The highest BCUT2D eigenvalue weighted by Crippen LogP contribution is 2.16. The summed E-state index contributed by atoms with van der Waals surface area (Å²) in [6.07, 6.45) is 0. The lowest BCUT2D eigenvalue weighted by molar-refractivity contribution is -0.137. The van der Waals surface area contributed by atoms with Gasteiger partial charge in [-0.25, -0.2) is 4.79 Å². The Balaban J connectivity index is 2.72. The molecule has 0 radical (unpaired) electrons. The molecule has 1 aromatic carbocycles. The lowest BCUT2D eigenvalue weighted by atomic mass is 10.2. The first-order valence-corrected chi connectivity index (χ1v) is 4.87. The summed E-state index contributed by atoms with van der Waals surface area (Å²) in [7, 11) is 0. The number of aliphatic carboxylic acids is 1. The van der Waals surface area contributed by atoms with E-state index in [-0.39, 0.29) is 6.54 Å². The van der Waals surface area contributed by atoms with Crippen LogP contribution in [0.5, 0.6) is 0 Å². The van der Waals surface area contributed by atoms with Crippen LogP contribution in [-0.4, -0.2) is 23.7 Å². The van der Waals surface area contributed by atoms with E-state index in [0.29, 0.717) is 0 Å². The minimum Gasteiger partial charge on any atom is -0.480 e. The van der Waals surface area contributed by atoms with Crippen molar-refractivity contribution in [3.8, 4) is 0 Å². The van der Waals surface area contributed by atoms with Crippen LogP contribution in [0.25, 0.3) is 0 Å². The number of hydrogen-bond acceptors (Lipinski definition) is 3. The minimum atomic E-state index is -0.951. The van der Waals surface area contributed by atoms with E-state index in [4.69, 9.17) is 10.8 Å². The third-order valence-corrected chi connectivity index (χ3v) is 2.19. The Bertz CT molecular complexity index is 330. The molecule has 76 valence electrons. The molecule has 14 heavy (non-hydrogen) atoms. The van der Waals surface area contributed by atoms with Crippen molar-refractivity contribution in [2.45, 2.75) is 6.04 Å². The van der Waals surface area contributed by atoms with E-state index in [0.717, 1.165) is 10.2 Å². The number of anilines is 1. The maximum absolute atomic E-state index is 10.7. The normalized spacial score (nSPS) is 12.1. The number of nitrogens with two attached hydrogens (primary N) is 1. The molecular formula is C9H11BrN2O2. The molecule has 4 N–H and O–H groups in total. The number of nitrogens with one attached hydrogen (secondary N) is 1. The lowest BCUT2D eigenvalue weighted by Crippen LogP contribution is -2.36. The third-order valence-electron chi connectivity index (χ3n) is 1.70. The number of hydrogen-bond donors (Lipinski definition) is 3. The molecule has 1 atom stereocenters. The molecule has 0 bridgehead atoms. The van der Waals surface area contributed by atoms with Gasteiger partial charge in [0.25, 0.3) is 0 Å². The van der Waals surface area contributed by atoms with Crippen LogP contribution in [0.15, 0.2) is 28.7 Å². The van der Waals surface area contributed by atoms with Crippen molar-refractivity contribution < 1.29 is 9.90 Å². The van der Waals surface area contributed by atoms with Gasteiger partial charge in [0.15, 0.2) is 0 Å². The highest BCUT2D eigenvalue weighted by atomic mass is 79.9. The summed E-state index contributed by atoms with van der Waals surface area (Å²) in [5, 5.41) is 11.6. The van der Waals surface area contributed by atoms with Gasteiger partial charge in [-0.2, -0.15) is 0 Å². The number of halogens is 1. The molecule has 0 amide bonds. The molecule has 4 nitrogen and oxygen atoms in total. The number of benzene rings is 1. The minimum absolute atomic E-state index is 0.0574. The second kappa shape index (κ2) is 4.97. The lowest BCUT2D eigenvalue weighted by Gasteiger charge is -2.13. The number of rotatable bonds is 4. The van der Waals surface area contributed by atoms with Gasteiger partial charge in [-0.1, -0.05) is 22.0 Å². The molecular weight excluding hydrogens is 248 g/mol. The molecule has 0 aliphatic carbocycles. The van der Waals surface area contributed by atoms with E-state index in [1.165, 1.54) is 0 Å². The molecule has 0 saturated heterocycles.